The molecule has 0 aliphatic carbocycles. The second-order valence-corrected chi connectivity index (χ2v) is 2.89. The maximum atomic E-state index is 10.8. The van der Waals surface area contributed by atoms with Gasteiger partial charge in [0.25, 0.3) is 0 Å². The Morgan fingerprint density at radius 3 is 1.83 bits per heavy atom. The minimum absolute atomic E-state index is 0.130. The Morgan fingerprint density at radius 2 is 1.42 bits per heavy atom. The summed E-state index contributed by atoms with van der Waals surface area (Å²) in [5.74, 6) is -0.596. The molecule has 3 nitrogen and oxygen atoms in total. The van der Waals surface area contributed by atoms with Crippen LogP contribution in [0.25, 0.3) is 0 Å². The number of hydrogen-bond donors (Lipinski definition) is 0. The van der Waals surface area contributed by atoms with E-state index in [0.29, 0.717) is 19.3 Å². The van der Waals surface area contributed by atoms with Crippen LogP contribution in [0.1, 0.15) is 39.5 Å². The molecule has 0 aromatic heterocycles. The quantitative estimate of drug-likeness (QED) is 0.446. The highest BCUT2D eigenvalue weighted by Crippen LogP contribution is 2.01. The molecule has 0 atom stereocenters. The molecule has 0 saturated heterocycles. The Morgan fingerprint density at radius 1 is 0.917 bits per heavy atom. The number of unbranched alkanes of at least 4 members (excludes halogenated alkanes) is 1. The fourth-order valence-electron chi connectivity index (χ4n) is 0.836. The molecular formula is C9H14O3. The van der Waals surface area contributed by atoms with Crippen LogP contribution in [0.2, 0.25) is 0 Å². The summed E-state index contributed by atoms with van der Waals surface area (Å²) < 4.78 is 0. The molecule has 0 aromatic carbocycles. The molecule has 0 saturated carbocycles. The summed E-state index contributed by atoms with van der Waals surface area (Å²) in [6, 6.07) is 0. The van der Waals surface area contributed by atoms with Crippen molar-refractivity contribution in [1.29, 1.82) is 0 Å². The summed E-state index contributed by atoms with van der Waals surface area (Å²) in [7, 11) is 0. The van der Waals surface area contributed by atoms with Crippen molar-refractivity contribution < 1.29 is 14.4 Å². The van der Waals surface area contributed by atoms with Gasteiger partial charge in [-0.3, -0.25) is 9.59 Å². The highest BCUT2D eigenvalue weighted by Gasteiger charge is 2.06. The number of carbonyl (C=O) groups excluding carboxylic acids is 3. The predicted molar refractivity (Wildman–Crippen MR) is 44.8 cm³/mol. The van der Waals surface area contributed by atoms with E-state index in [0.717, 1.165) is 0 Å². The molecule has 3 heteroatoms. The van der Waals surface area contributed by atoms with Gasteiger partial charge in [-0.05, 0) is 19.8 Å². The molecule has 0 fully saturated rings. The molecule has 0 unspecified atom stereocenters. The molecule has 0 aliphatic heterocycles. The van der Waals surface area contributed by atoms with Gasteiger partial charge in [-0.25, -0.2) is 0 Å². The molecule has 0 spiro atoms. The van der Waals surface area contributed by atoms with Gasteiger partial charge in [0.2, 0.25) is 0 Å². The van der Waals surface area contributed by atoms with Crippen LogP contribution in [0.4, 0.5) is 0 Å². The van der Waals surface area contributed by atoms with E-state index in [1.165, 1.54) is 13.8 Å². The van der Waals surface area contributed by atoms with Gasteiger partial charge in [-0.1, -0.05) is 0 Å². The molecule has 0 N–H and O–H groups in total. The van der Waals surface area contributed by atoms with Crippen molar-refractivity contribution in [3.63, 3.8) is 0 Å². The predicted octanol–water partition coefficient (Wildman–Crippen LogP) is 1.29. The number of carbonyl (C=O) groups is 3. The third kappa shape index (κ3) is 5.77. The Kier molecular flexibility index (Phi) is 5.17. The number of Topliss-reactive ketones (excluding diaryl/α,β-unsaturated/α-hetero) is 3. The van der Waals surface area contributed by atoms with Crippen LogP contribution in [0.3, 0.4) is 0 Å². The van der Waals surface area contributed by atoms with Gasteiger partial charge in [0.05, 0.1) is 0 Å². The van der Waals surface area contributed by atoms with Crippen molar-refractivity contribution in [2.24, 2.45) is 0 Å². The van der Waals surface area contributed by atoms with Crippen molar-refractivity contribution in [2.45, 2.75) is 39.5 Å². The van der Waals surface area contributed by atoms with E-state index in [1.807, 2.05) is 0 Å². The van der Waals surface area contributed by atoms with E-state index in [4.69, 9.17) is 0 Å². The first-order valence-corrected chi connectivity index (χ1v) is 4.07. The maximum absolute atomic E-state index is 10.8. The van der Waals surface area contributed by atoms with Gasteiger partial charge in [-0.15, -0.1) is 0 Å². The van der Waals surface area contributed by atoms with Crippen molar-refractivity contribution in [3.05, 3.63) is 0 Å². The summed E-state index contributed by atoms with van der Waals surface area (Å²) in [5.41, 5.74) is 0. The molecule has 0 aliphatic rings. The van der Waals surface area contributed by atoms with Crippen LogP contribution < -0.4 is 0 Å². The van der Waals surface area contributed by atoms with Crippen LogP contribution in [0.5, 0.6) is 0 Å². The minimum Gasteiger partial charge on any atom is -0.300 e. The molecule has 0 amide bonds. The van der Waals surface area contributed by atoms with Crippen LogP contribution in [-0.4, -0.2) is 17.3 Å². The largest absolute Gasteiger partial charge is 0.300 e. The fraction of sp³-hybridized carbons (Fsp3) is 0.667. The lowest BCUT2D eigenvalue weighted by molar-refractivity contribution is -0.135. The lowest BCUT2D eigenvalue weighted by Crippen LogP contribution is -2.08. The van der Waals surface area contributed by atoms with Crippen LogP contribution in [0.15, 0.2) is 0 Å². The Balaban J connectivity index is 3.38. The average Bonchev–Trinajstić information content (AvgIpc) is 1.97. The molecule has 0 bridgehead atoms. The van der Waals surface area contributed by atoms with Gasteiger partial charge in [0.1, 0.15) is 5.78 Å². The first-order chi connectivity index (χ1) is 5.54. The normalized spacial score (nSPS) is 9.50. The van der Waals surface area contributed by atoms with Gasteiger partial charge < -0.3 is 4.79 Å². The summed E-state index contributed by atoms with van der Waals surface area (Å²) in [4.78, 5) is 31.7. The summed E-state index contributed by atoms with van der Waals surface area (Å²) in [5, 5.41) is 0. The van der Waals surface area contributed by atoms with Crippen molar-refractivity contribution in [1.82, 2.24) is 0 Å². The molecule has 0 radical (unpaired) electrons. The van der Waals surface area contributed by atoms with E-state index in [-0.39, 0.29) is 18.0 Å². The molecule has 12 heavy (non-hydrogen) atoms. The highest BCUT2D eigenvalue weighted by atomic mass is 16.2. The Bertz CT molecular complexity index is 194. The molecule has 0 heterocycles. The van der Waals surface area contributed by atoms with E-state index >= 15 is 0 Å². The topological polar surface area (TPSA) is 51.2 Å². The number of hydrogen-bond acceptors (Lipinski definition) is 3. The van der Waals surface area contributed by atoms with Gasteiger partial charge in [0, 0.05) is 19.8 Å². The zero-order valence-corrected chi connectivity index (χ0v) is 7.55. The number of rotatable bonds is 6. The maximum Gasteiger partial charge on any atom is 0.198 e. The average molecular weight is 170 g/mol. The zero-order valence-electron chi connectivity index (χ0n) is 7.55. The molecule has 68 valence electrons. The van der Waals surface area contributed by atoms with Crippen LogP contribution in [0, 0.1) is 0 Å². The van der Waals surface area contributed by atoms with E-state index in [9.17, 15) is 14.4 Å². The lowest BCUT2D eigenvalue weighted by Gasteiger charge is -1.95. The summed E-state index contributed by atoms with van der Waals surface area (Å²) in [6.07, 6.45) is 2.13. The summed E-state index contributed by atoms with van der Waals surface area (Å²) in [6.45, 7) is 2.79. The molecular weight excluding hydrogens is 156 g/mol. The van der Waals surface area contributed by atoms with Gasteiger partial charge >= 0.3 is 0 Å². The second-order valence-electron chi connectivity index (χ2n) is 2.89. The minimum atomic E-state index is -0.391. The molecule has 0 rings (SSSR count). The van der Waals surface area contributed by atoms with E-state index < -0.39 is 5.78 Å². The first kappa shape index (κ1) is 11.0. The van der Waals surface area contributed by atoms with Crippen molar-refractivity contribution in [3.8, 4) is 0 Å². The Labute approximate surface area is 72.1 Å². The third-order valence-corrected chi connectivity index (χ3v) is 1.58. The van der Waals surface area contributed by atoms with Gasteiger partial charge in [-0.2, -0.15) is 0 Å². The van der Waals surface area contributed by atoms with Crippen LogP contribution >= 0.6 is 0 Å². The molecule has 0 aromatic rings. The summed E-state index contributed by atoms with van der Waals surface area (Å²) >= 11 is 0. The number of ketones is 3. The smallest absolute Gasteiger partial charge is 0.198 e. The van der Waals surface area contributed by atoms with Crippen molar-refractivity contribution >= 4 is 17.3 Å². The van der Waals surface area contributed by atoms with Crippen molar-refractivity contribution in [2.75, 3.05) is 0 Å². The zero-order chi connectivity index (χ0) is 9.56. The first-order valence-electron chi connectivity index (χ1n) is 4.07. The standard InChI is InChI=1S/C9H14O3/c1-7(10)5-3-4-6-9(12)8(2)11/h3-6H2,1-2H3. The fourth-order valence-corrected chi connectivity index (χ4v) is 0.836. The van der Waals surface area contributed by atoms with Crippen LogP contribution in [-0.2, 0) is 14.4 Å². The van der Waals surface area contributed by atoms with E-state index in [2.05, 4.69) is 0 Å². The monoisotopic (exact) mass is 170 g/mol. The second kappa shape index (κ2) is 5.63. The highest BCUT2D eigenvalue weighted by molar-refractivity contribution is 6.36. The Hall–Kier alpha value is -0.990. The third-order valence-electron chi connectivity index (χ3n) is 1.58. The SMILES string of the molecule is CC(=O)CCCCC(=O)C(C)=O. The van der Waals surface area contributed by atoms with Gasteiger partial charge in [0.15, 0.2) is 11.6 Å². The van der Waals surface area contributed by atoms with E-state index in [1.54, 1.807) is 0 Å². The lowest BCUT2D eigenvalue weighted by atomic mass is 10.1.